The lowest BCUT2D eigenvalue weighted by Crippen LogP contribution is -2.19. The second-order valence-corrected chi connectivity index (χ2v) is 8.58. The molecule has 7 heteroatoms. The summed E-state index contributed by atoms with van der Waals surface area (Å²) in [6, 6.07) is 21.1. The van der Waals surface area contributed by atoms with Gasteiger partial charge in [-0.25, -0.2) is 4.98 Å². The lowest BCUT2D eigenvalue weighted by Gasteiger charge is -2.12. The number of para-hydroxylation sites is 2. The van der Waals surface area contributed by atoms with Crippen LogP contribution in [0.2, 0.25) is 0 Å². The molecule has 0 amide bonds. The van der Waals surface area contributed by atoms with Crippen molar-refractivity contribution in [2.45, 2.75) is 13.8 Å². The minimum Gasteiger partial charge on any atom is -0.438 e. The maximum Gasteiger partial charge on any atom is 0.269 e. The summed E-state index contributed by atoms with van der Waals surface area (Å²) in [6.45, 7) is 3.81. The van der Waals surface area contributed by atoms with Gasteiger partial charge in [-0.15, -0.1) is 11.3 Å². The molecule has 0 spiro atoms. The normalized spacial score (nSPS) is 11.6. The van der Waals surface area contributed by atoms with Gasteiger partial charge in [-0.05, 0) is 55.3 Å². The molecule has 0 fully saturated rings. The first-order chi connectivity index (χ1) is 16.0. The SMILES string of the molecule is Cc1ccccc1Oc1nc2c(C)cccn2c(=O)c1/C=C(\C#N)c1nc2ccccc2s1. The number of benzene rings is 2. The minimum absolute atomic E-state index is 0.150. The molecule has 0 saturated carbocycles. The number of aryl methyl sites for hydroxylation is 2. The van der Waals surface area contributed by atoms with Gasteiger partial charge < -0.3 is 4.74 Å². The Bertz CT molecular complexity index is 1620. The molecule has 5 rings (SSSR count). The third-order valence-corrected chi connectivity index (χ3v) is 6.35. The Morgan fingerprint density at radius 2 is 1.79 bits per heavy atom. The summed E-state index contributed by atoms with van der Waals surface area (Å²) in [6.07, 6.45) is 3.19. The summed E-state index contributed by atoms with van der Waals surface area (Å²) >= 11 is 1.40. The summed E-state index contributed by atoms with van der Waals surface area (Å²) < 4.78 is 8.57. The zero-order chi connectivity index (χ0) is 22.9. The zero-order valence-electron chi connectivity index (χ0n) is 17.9. The topological polar surface area (TPSA) is 80.3 Å². The summed E-state index contributed by atoms with van der Waals surface area (Å²) in [4.78, 5) is 22.7. The van der Waals surface area contributed by atoms with Gasteiger partial charge in [0.2, 0.25) is 5.88 Å². The van der Waals surface area contributed by atoms with Crippen molar-refractivity contribution in [1.82, 2.24) is 14.4 Å². The molecule has 0 aliphatic heterocycles. The van der Waals surface area contributed by atoms with Crippen molar-refractivity contribution < 1.29 is 4.74 Å². The molecular formula is C26H18N4O2S. The predicted molar refractivity (Wildman–Crippen MR) is 131 cm³/mol. The van der Waals surface area contributed by atoms with E-state index in [4.69, 9.17) is 4.74 Å². The van der Waals surface area contributed by atoms with Gasteiger partial charge >= 0.3 is 0 Å². The molecule has 0 N–H and O–H groups in total. The average molecular weight is 451 g/mol. The fourth-order valence-electron chi connectivity index (χ4n) is 3.54. The standard InChI is InChI=1S/C26H18N4O2S/c1-16-8-3-5-11-21(16)32-24-19(26(31)30-13-7-9-17(2)23(30)29-24)14-18(15-27)25-28-20-10-4-6-12-22(20)33-25/h3-14H,1-2H3/b18-14+. The van der Waals surface area contributed by atoms with Gasteiger partial charge in [-0.2, -0.15) is 10.2 Å². The van der Waals surface area contributed by atoms with Crippen LogP contribution in [0.5, 0.6) is 11.6 Å². The molecule has 0 aliphatic carbocycles. The number of nitrogens with zero attached hydrogens (tertiary/aromatic N) is 4. The van der Waals surface area contributed by atoms with Crippen LogP contribution in [0.3, 0.4) is 0 Å². The Balaban J connectivity index is 1.74. The number of thiazole rings is 1. The first-order valence-corrected chi connectivity index (χ1v) is 11.1. The summed E-state index contributed by atoms with van der Waals surface area (Å²) in [5, 5.41) is 10.5. The molecule has 2 aromatic carbocycles. The molecule has 0 saturated heterocycles. The van der Waals surface area contributed by atoms with Crippen LogP contribution in [0.4, 0.5) is 0 Å². The van der Waals surface area contributed by atoms with Crippen molar-refractivity contribution in [3.8, 4) is 17.7 Å². The van der Waals surface area contributed by atoms with E-state index in [2.05, 4.69) is 16.0 Å². The lowest BCUT2D eigenvalue weighted by atomic mass is 10.2. The Morgan fingerprint density at radius 3 is 2.58 bits per heavy atom. The summed E-state index contributed by atoms with van der Waals surface area (Å²) in [7, 11) is 0. The third kappa shape index (κ3) is 3.77. The van der Waals surface area contributed by atoms with Crippen LogP contribution >= 0.6 is 11.3 Å². The van der Waals surface area contributed by atoms with Gasteiger partial charge in [-0.1, -0.05) is 36.4 Å². The van der Waals surface area contributed by atoms with E-state index in [0.717, 1.165) is 21.3 Å². The molecule has 33 heavy (non-hydrogen) atoms. The van der Waals surface area contributed by atoms with Crippen LogP contribution in [0, 0.1) is 25.2 Å². The molecule has 6 nitrogen and oxygen atoms in total. The minimum atomic E-state index is -0.318. The highest BCUT2D eigenvalue weighted by Gasteiger charge is 2.18. The molecule has 0 radical (unpaired) electrons. The van der Waals surface area contributed by atoms with Crippen molar-refractivity contribution in [1.29, 1.82) is 5.26 Å². The van der Waals surface area contributed by atoms with Crippen molar-refractivity contribution in [3.05, 3.63) is 98.9 Å². The monoisotopic (exact) mass is 450 g/mol. The van der Waals surface area contributed by atoms with Crippen molar-refractivity contribution in [2.24, 2.45) is 0 Å². The van der Waals surface area contributed by atoms with Crippen LogP contribution in [0.25, 0.3) is 27.5 Å². The Labute approximate surface area is 193 Å². The highest BCUT2D eigenvalue weighted by Crippen LogP contribution is 2.31. The van der Waals surface area contributed by atoms with Crippen molar-refractivity contribution >= 4 is 38.8 Å². The fourth-order valence-corrected chi connectivity index (χ4v) is 4.47. The van der Waals surface area contributed by atoms with Gasteiger partial charge in [0, 0.05) is 6.20 Å². The first-order valence-electron chi connectivity index (χ1n) is 10.3. The Hall–Kier alpha value is -4.28. The number of aromatic nitrogens is 3. The van der Waals surface area contributed by atoms with E-state index in [1.54, 1.807) is 12.3 Å². The molecule has 5 aromatic rings. The third-order valence-electron chi connectivity index (χ3n) is 5.28. The van der Waals surface area contributed by atoms with E-state index in [1.807, 2.05) is 68.4 Å². The smallest absolute Gasteiger partial charge is 0.269 e. The fraction of sp³-hybridized carbons (Fsp3) is 0.0769. The lowest BCUT2D eigenvalue weighted by molar-refractivity contribution is 0.457. The maximum absolute atomic E-state index is 13.5. The quantitative estimate of drug-likeness (QED) is 0.324. The summed E-state index contributed by atoms with van der Waals surface area (Å²) in [5.74, 6) is 0.743. The summed E-state index contributed by atoms with van der Waals surface area (Å²) in [5.41, 5.74) is 3.20. The van der Waals surface area contributed by atoms with Crippen LogP contribution < -0.4 is 10.3 Å². The van der Waals surface area contributed by atoms with Crippen LogP contribution in [0.15, 0.2) is 71.7 Å². The van der Waals surface area contributed by atoms with E-state index in [1.165, 1.54) is 21.8 Å². The second-order valence-electron chi connectivity index (χ2n) is 7.54. The maximum atomic E-state index is 13.5. The number of nitriles is 1. The molecule has 0 bridgehead atoms. The average Bonchev–Trinajstić information content (AvgIpc) is 3.25. The highest BCUT2D eigenvalue weighted by molar-refractivity contribution is 7.19. The Kier molecular flexibility index (Phi) is 5.21. The Morgan fingerprint density at radius 1 is 1.03 bits per heavy atom. The van der Waals surface area contributed by atoms with Crippen LogP contribution in [0.1, 0.15) is 21.7 Å². The van der Waals surface area contributed by atoms with E-state index in [0.29, 0.717) is 16.4 Å². The molecule has 0 aliphatic rings. The second kappa shape index (κ2) is 8.34. The number of hydrogen-bond donors (Lipinski definition) is 0. The van der Waals surface area contributed by atoms with Gasteiger partial charge in [-0.3, -0.25) is 9.20 Å². The van der Waals surface area contributed by atoms with E-state index < -0.39 is 0 Å². The molecular weight excluding hydrogens is 432 g/mol. The molecule has 0 atom stereocenters. The number of hydrogen-bond acceptors (Lipinski definition) is 6. The van der Waals surface area contributed by atoms with Gasteiger partial charge in [0.1, 0.15) is 28.0 Å². The molecule has 3 aromatic heterocycles. The van der Waals surface area contributed by atoms with Gasteiger partial charge in [0.15, 0.2) is 0 Å². The number of allylic oxidation sites excluding steroid dienone is 1. The number of ether oxygens (including phenoxy) is 1. The largest absolute Gasteiger partial charge is 0.438 e. The van der Waals surface area contributed by atoms with Crippen molar-refractivity contribution in [3.63, 3.8) is 0 Å². The van der Waals surface area contributed by atoms with Gasteiger partial charge in [0.25, 0.3) is 5.56 Å². The number of rotatable bonds is 4. The van der Waals surface area contributed by atoms with Crippen LogP contribution in [-0.2, 0) is 0 Å². The van der Waals surface area contributed by atoms with Gasteiger partial charge in [0.05, 0.1) is 15.8 Å². The number of fused-ring (bicyclic) bond motifs is 2. The first kappa shape index (κ1) is 20.6. The van der Waals surface area contributed by atoms with Crippen LogP contribution in [-0.4, -0.2) is 14.4 Å². The molecule has 160 valence electrons. The molecule has 3 heterocycles. The zero-order valence-corrected chi connectivity index (χ0v) is 18.8. The van der Waals surface area contributed by atoms with E-state index >= 15 is 0 Å². The van der Waals surface area contributed by atoms with E-state index in [-0.39, 0.29) is 22.6 Å². The molecule has 0 unspecified atom stereocenters. The number of pyridine rings is 1. The predicted octanol–water partition coefficient (Wildman–Crippen LogP) is 5.78. The van der Waals surface area contributed by atoms with E-state index in [9.17, 15) is 10.1 Å². The highest BCUT2D eigenvalue weighted by atomic mass is 32.1. The van der Waals surface area contributed by atoms with Crippen molar-refractivity contribution in [2.75, 3.05) is 0 Å².